The van der Waals surface area contributed by atoms with Gasteiger partial charge in [-0.25, -0.2) is 8.42 Å². The quantitative estimate of drug-likeness (QED) is 0.839. The van der Waals surface area contributed by atoms with Crippen molar-refractivity contribution in [2.45, 2.75) is 11.3 Å². The third-order valence-corrected chi connectivity index (χ3v) is 6.18. The predicted molar refractivity (Wildman–Crippen MR) is 104 cm³/mol. The Morgan fingerprint density at radius 2 is 1.71 bits per heavy atom. The number of hydrogen-bond acceptors (Lipinski definition) is 7. The summed E-state index contributed by atoms with van der Waals surface area (Å²) in [6.45, 7) is 1.48. The SMILES string of the molecule is COc1cc2c(cc1OC)C(=CS(=O)(=O)c1ccc3c(c1)OCCO3)NCC2. The van der Waals surface area contributed by atoms with Crippen LogP contribution < -0.4 is 24.3 Å². The summed E-state index contributed by atoms with van der Waals surface area (Å²) >= 11 is 0. The molecule has 0 aromatic heterocycles. The van der Waals surface area contributed by atoms with Crippen molar-refractivity contribution in [3.05, 3.63) is 46.9 Å². The van der Waals surface area contributed by atoms with Gasteiger partial charge in [-0.15, -0.1) is 0 Å². The number of nitrogens with one attached hydrogen (secondary N) is 1. The maximum atomic E-state index is 13.0. The number of methoxy groups -OCH3 is 2. The van der Waals surface area contributed by atoms with Crippen LogP contribution in [0.4, 0.5) is 0 Å². The van der Waals surface area contributed by atoms with Gasteiger partial charge < -0.3 is 24.3 Å². The number of sulfone groups is 1. The van der Waals surface area contributed by atoms with E-state index in [-0.39, 0.29) is 4.90 Å². The molecule has 4 rings (SSSR count). The van der Waals surface area contributed by atoms with Crippen LogP contribution in [0, 0.1) is 0 Å². The zero-order valence-electron chi connectivity index (χ0n) is 15.7. The molecule has 2 aromatic carbocycles. The van der Waals surface area contributed by atoms with Gasteiger partial charge in [0, 0.05) is 18.2 Å². The Labute approximate surface area is 163 Å². The van der Waals surface area contributed by atoms with Crippen LogP contribution in [0.3, 0.4) is 0 Å². The van der Waals surface area contributed by atoms with Gasteiger partial charge in [0.25, 0.3) is 0 Å². The summed E-state index contributed by atoms with van der Waals surface area (Å²) in [6, 6.07) is 8.33. The molecule has 2 aliphatic heterocycles. The maximum absolute atomic E-state index is 13.0. The van der Waals surface area contributed by atoms with Crippen molar-refractivity contribution in [2.24, 2.45) is 0 Å². The van der Waals surface area contributed by atoms with Gasteiger partial charge in [-0.1, -0.05) is 0 Å². The van der Waals surface area contributed by atoms with E-state index in [0.717, 1.165) is 17.5 Å². The van der Waals surface area contributed by atoms with Gasteiger partial charge >= 0.3 is 0 Å². The molecule has 2 aliphatic rings. The zero-order valence-corrected chi connectivity index (χ0v) is 16.5. The average molecular weight is 403 g/mol. The summed E-state index contributed by atoms with van der Waals surface area (Å²) < 4.78 is 47.7. The van der Waals surface area contributed by atoms with E-state index in [9.17, 15) is 8.42 Å². The molecule has 1 N–H and O–H groups in total. The Hall–Kier alpha value is -2.87. The Morgan fingerprint density at radius 3 is 2.46 bits per heavy atom. The minimum absolute atomic E-state index is 0.152. The predicted octanol–water partition coefficient (Wildman–Crippen LogP) is 2.39. The van der Waals surface area contributed by atoms with Gasteiger partial charge in [0.15, 0.2) is 23.0 Å². The minimum atomic E-state index is -3.70. The zero-order chi connectivity index (χ0) is 19.7. The first-order valence-corrected chi connectivity index (χ1v) is 10.4. The molecule has 0 amide bonds. The summed E-state index contributed by atoms with van der Waals surface area (Å²) in [4.78, 5) is 0.152. The van der Waals surface area contributed by atoms with Gasteiger partial charge in [-0.3, -0.25) is 0 Å². The van der Waals surface area contributed by atoms with Gasteiger partial charge in [-0.05, 0) is 36.2 Å². The second-order valence-corrected chi connectivity index (χ2v) is 8.22. The number of hydrogen-bond donors (Lipinski definition) is 1. The second-order valence-electron chi connectivity index (χ2n) is 6.42. The third kappa shape index (κ3) is 3.35. The minimum Gasteiger partial charge on any atom is -0.493 e. The third-order valence-electron chi connectivity index (χ3n) is 4.72. The van der Waals surface area contributed by atoms with Crippen LogP contribution >= 0.6 is 0 Å². The first-order valence-electron chi connectivity index (χ1n) is 8.87. The van der Waals surface area contributed by atoms with E-state index in [2.05, 4.69) is 5.32 Å². The van der Waals surface area contributed by atoms with Gasteiger partial charge in [-0.2, -0.15) is 0 Å². The number of benzene rings is 2. The Bertz CT molecular complexity index is 1040. The topological polar surface area (TPSA) is 83.1 Å². The van der Waals surface area contributed by atoms with Crippen LogP contribution in [-0.2, 0) is 16.3 Å². The highest BCUT2D eigenvalue weighted by atomic mass is 32.2. The van der Waals surface area contributed by atoms with Gasteiger partial charge in [0.05, 0.1) is 30.2 Å². The lowest BCUT2D eigenvalue weighted by atomic mass is 9.98. The average Bonchev–Trinajstić information content (AvgIpc) is 2.72. The monoisotopic (exact) mass is 403 g/mol. The van der Waals surface area contributed by atoms with Crippen LogP contribution in [0.1, 0.15) is 11.1 Å². The fourth-order valence-corrected chi connectivity index (χ4v) is 4.52. The molecule has 0 saturated heterocycles. The Kier molecular flexibility index (Phi) is 4.80. The molecule has 148 valence electrons. The summed E-state index contributed by atoms with van der Waals surface area (Å²) in [5.41, 5.74) is 2.31. The molecule has 0 unspecified atom stereocenters. The van der Waals surface area contributed by atoms with E-state index in [1.54, 1.807) is 26.4 Å². The van der Waals surface area contributed by atoms with Crippen LogP contribution in [-0.4, -0.2) is 42.4 Å². The molecule has 0 spiro atoms. The molecule has 2 heterocycles. The van der Waals surface area contributed by atoms with Crippen LogP contribution in [0.5, 0.6) is 23.0 Å². The fraction of sp³-hybridized carbons (Fsp3) is 0.300. The van der Waals surface area contributed by atoms with Crippen molar-refractivity contribution in [3.8, 4) is 23.0 Å². The lowest BCUT2D eigenvalue weighted by Crippen LogP contribution is -2.23. The molecule has 0 fully saturated rings. The molecular weight excluding hydrogens is 382 g/mol. The lowest BCUT2D eigenvalue weighted by molar-refractivity contribution is 0.171. The molecule has 7 nitrogen and oxygen atoms in total. The highest BCUT2D eigenvalue weighted by Crippen LogP contribution is 2.36. The first kappa shape index (κ1) is 18.5. The fourth-order valence-electron chi connectivity index (χ4n) is 3.33. The van der Waals surface area contributed by atoms with Crippen molar-refractivity contribution in [2.75, 3.05) is 34.0 Å². The number of fused-ring (bicyclic) bond motifs is 2. The van der Waals surface area contributed by atoms with Crippen LogP contribution in [0.15, 0.2) is 40.6 Å². The summed E-state index contributed by atoms with van der Waals surface area (Å²) in [5.74, 6) is 2.16. The van der Waals surface area contributed by atoms with Crippen molar-refractivity contribution in [1.29, 1.82) is 0 Å². The molecule has 0 atom stereocenters. The normalized spacial score (nSPS) is 16.9. The highest BCUT2D eigenvalue weighted by molar-refractivity contribution is 7.94. The Morgan fingerprint density at radius 1 is 1.00 bits per heavy atom. The maximum Gasteiger partial charge on any atom is 0.201 e. The molecule has 0 radical (unpaired) electrons. The summed E-state index contributed by atoms with van der Waals surface area (Å²) in [5, 5.41) is 4.43. The van der Waals surface area contributed by atoms with E-state index >= 15 is 0 Å². The van der Waals surface area contributed by atoms with Gasteiger partial charge in [0.1, 0.15) is 13.2 Å². The van der Waals surface area contributed by atoms with E-state index in [1.807, 2.05) is 6.07 Å². The highest BCUT2D eigenvalue weighted by Gasteiger charge is 2.23. The van der Waals surface area contributed by atoms with E-state index < -0.39 is 9.84 Å². The van der Waals surface area contributed by atoms with Crippen molar-refractivity contribution >= 4 is 15.5 Å². The second kappa shape index (κ2) is 7.27. The van der Waals surface area contributed by atoms with E-state index in [0.29, 0.717) is 48.5 Å². The Balaban J connectivity index is 1.75. The molecule has 8 heteroatoms. The van der Waals surface area contributed by atoms with Crippen LogP contribution in [0.25, 0.3) is 5.70 Å². The first-order chi connectivity index (χ1) is 13.5. The van der Waals surface area contributed by atoms with Crippen molar-refractivity contribution in [3.63, 3.8) is 0 Å². The lowest BCUT2D eigenvalue weighted by Gasteiger charge is -2.23. The summed E-state index contributed by atoms with van der Waals surface area (Å²) in [7, 11) is -0.574. The molecule has 2 aromatic rings. The number of ether oxygens (including phenoxy) is 4. The molecule has 0 saturated carbocycles. The largest absolute Gasteiger partial charge is 0.493 e. The molecule has 28 heavy (non-hydrogen) atoms. The molecular formula is C20H21NO6S. The number of rotatable bonds is 4. The summed E-state index contributed by atoms with van der Waals surface area (Å²) in [6.07, 6.45) is 0.761. The van der Waals surface area contributed by atoms with E-state index in [4.69, 9.17) is 18.9 Å². The van der Waals surface area contributed by atoms with E-state index in [1.165, 1.54) is 17.5 Å². The van der Waals surface area contributed by atoms with Gasteiger partial charge in [0.2, 0.25) is 9.84 Å². The van der Waals surface area contributed by atoms with Crippen molar-refractivity contribution < 1.29 is 27.4 Å². The molecule has 0 aliphatic carbocycles. The molecule has 0 bridgehead atoms. The standard InChI is InChI=1S/C20H21NO6S/c1-24-18-9-13-5-6-21-16(15(13)11-19(18)25-2)12-28(22,23)14-3-4-17-20(10-14)27-8-7-26-17/h3-4,9-12,21H,5-8H2,1-2H3. The smallest absolute Gasteiger partial charge is 0.201 e. The van der Waals surface area contributed by atoms with Crippen LogP contribution in [0.2, 0.25) is 0 Å². The van der Waals surface area contributed by atoms with Crippen molar-refractivity contribution in [1.82, 2.24) is 5.32 Å².